The fourth-order valence-electron chi connectivity index (χ4n) is 2.84. The molecule has 154 valence electrons. The van der Waals surface area contributed by atoms with Crippen molar-refractivity contribution >= 4 is 35.2 Å². The summed E-state index contributed by atoms with van der Waals surface area (Å²) in [6, 6.07) is 11.1. The quantitative estimate of drug-likeness (QED) is 0.319. The van der Waals surface area contributed by atoms with Gasteiger partial charge in [0, 0.05) is 6.54 Å². The molecule has 0 aliphatic carbocycles. The lowest BCUT2D eigenvalue weighted by atomic mass is 10.1. The Morgan fingerprint density at radius 1 is 1.20 bits per heavy atom. The highest BCUT2D eigenvalue weighted by Crippen LogP contribution is 2.30. The first-order valence-electron chi connectivity index (χ1n) is 8.98. The Morgan fingerprint density at radius 2 is 2.00 bits per heavy atom. The van der Waals surface area contributed by atoms with E-state index in [0.717, 1.165) is 0 Å². The maximum absolute atomic E-state index is 13.3. The summed E-state index contributed by atoms with van der Waals surface area (Å²) in [5.74, 6) is -0.573. The number of thiocarbonyl (C=S) groups is 1. The van der Waals surface area contributed by atoms with Crippen LogP contribution >= 0.6 is 12.2 Å². The van der Waals surface area contributed by atoms with E-state index < -0.39 is 11.8 Å². The lowest BCUT2D eigenvalue weighted by Gasteiger charge is -2.27. The van der Waals surface area contributed by atoms with E-state index in [0.29, 0.717) is 22.6 Å². The number of carbonyl (C=O) groups is 2. The van der Waals surface area contributed by atoms with Crippen LogP contribution in [0.2, 0.25) is 0 Å². The van der Waals surface area contributed by atoms with Crippen molar-refractivity contribution in [3.63, 3.8) is 0 Å². The molecular weight excluding hydrogens is 407 g/mol. The molecule has 0 saturated carbocycles. The highest BCUT2D eigenvalue weighted by Gasteiger charge is 2.32. The molecule has 0 spiro atoms. The molecule has 6 nitrogen and oxygen atoms in total. The molecule has 1 fully saturated rings. The highest BCUT2D eigenvalue weighted by molar-refractivity contribution is 7.80. The van der Waals surface area contributed by atoms with Gasteiger partial charge in [-0.25, -0.2) is 4.39 Å². The first-order valence-corrected chi connectivity index (χ1v) is 9.39. The number of benzene rings is 2. The van der Waals surface area contributed by atoms with Crippen molar-refractivity contribution in [2.24, 2.45) is 0 Å². The molecule has 1 aliphatic rings. The second kappa shape index (κ2) is 9.32. The average Bonchev–Trinajstić information content (AvgIpc) is 2.73. The molecule has 8 heteroatoms. The zero-order valence-corrected chi connectivity index (χ0v) is 17.0. The standard InChI is InChI=1S/C22H19FN2O4S/c1-3-9-25-21(27)17(20(26)24-22(25)30)11-14-7-8-18(19(12-14)28-2)29-13-15-5-4-6-16(23)10-15/h3-8,10-12H,1,9,13H2,2H3,(H,24,26,30)/b17-11+. The smallest absolute Gasteiger partial charge is 0.265 e. The van der Waals surface area contributed by atoms with E-state index in [4.69, 9.17) is 21.7 Å². The number of nitrogens with zero attached hydrogens (tertiary/aromatic N) is 1. The van der Waals surface area contributed by atoms with Gasteiger partial charge in [-0.05, 0) is 53.7 Å². The van der Waals surface area contributed by atoms with Crippen LogP contribution in [-0.4, -0.2) is 35.5 Å². The molecule has 0 bridgehead atoms. The Kier molecular flexibility index (Phi) is 6.58. The van der Waals surface area contributed by atoms with Crippen molar-refractivity contribution in [2.75, 3.05) is 13.7 Å². The maximum atomic E-state index is 13.3. The number of ether oxygens (including phenoxy) is 2. The van der Waals surface area contributed by atoms with Gasteiger partial charge < -0.3 is 9.47 Å². The van der Waals surface area contributed by atoms with Crippen molar-refractivity contribution in [1.82, 2.24) is 10.2 Å². The predicted octanol–water partition coefficient (Wildman–Crippen LogP) is 3.23. The Balaban J connectivity index is 1.83. The van der Waals surface area contributed by atoms with E-state index in [1.807, 2.05) is 0 Å². The second-order valence-electron chi connectivity index (χ2n) is 6.35. The lowest BCUT2D eigenvalue weighted by molar-refractivity contribution is -0.128. The van der Waals surface area contributed by atoms with Crippen LogP contribution < -0.4 is 14.8 Å². The Morgan fingerprint density at radius 3 is 2.70 bits per heavy atom. The van der Waals surface area contributed by atoms with Gasteiger partial charge in [-0.1, -0.05) is 24.3 Å². The summed E-state index contributed by atoms with van der Waals surface area (Å²) in [5.41, 5.74) is 1.18. The number of hydrogen-bond acceptors (Lipinski definition) is 5. The first-order chi connectivity index (χ1) is 14.4. The summed E-state index contributed by atoms with van der Waals surface area (Å²) < 4.78 is 24.4. The Labute approximate surface area is 178 Å². The molecular formula is C22H19FN2O4S. The van der Waals surface area contributed by atoms with Crippen LogP contribution in [0.15, 0.2) is 60.7 Å². The van der Waals surface area contributed by atoms with E-state index in [2.05, 4.69) is 11.9 Å². The Bertz CT molecular complexity index is 1050. The molecule has 1 aliphatic heterocycles. The summed E-state index contributed by atoms with van der Waals surface area (Å²) in [5, 5.41) is 2.54. The van der Waals surface area contributed by atoms with E-state index >= 15 is 0 Å². The van der Waals surface area contributed by atoms with Gasteiger partial charge in [0.25, 0.3) is 11.8 Å². The third-order valence-electron chi connectivity index (χ3n) is 4.28. The number of halogens is 1. The van der Waals surface area contributed by atoms with Gasteiger partial charge in [-0.2, -0.15) is 0 Å². The molecule has 0 radical (unpaired) electrons. The van der Waals surface area contributed by atoms with Gasteiger partial charge in [0.1, 0.15) is 18.0 Å². The van der Waals surface area contributed by atoms with Crippen LogP contribution in [0.1, 0.15) is 11.1 Å². The minimum atomic E-state index is -0.573. The zero-order valence-electron chi connectivity index (χ0n) is 16.2. The van der Waals surface area contributed by atoms with Crippen molar-refractivity contribution in [3.05, 3.63) is 77.6 Å². The summed E-state index contributed by atoms with van der Waals surface area (Å²) in [7, 11) is 1.48. The van der Waals surface area contributed by atoms with Gasteiger partial charge in [0.15, 0.2) is 16.6 Å². The van der Waals surface area contributed by atoms with Crippen molar-refractivity contribution in [1.29, 1.82) is 0 Å². The largest absolute Gasteiger partial charge is 0.493 e. The monoisotopic (exact) mass is 426 g/mol. The number of methoxy groups -OCH3 is 1. The SMILES string of the molecule is C=CCN1C(=O)/C(=C/c2ccc(OCc3cccc(F)c3)c(OC)c2)C(=O)NC1=S. The fourth-order valence-corrected chi connectivity index (χ4v) is 3.09. The first kappa shape index (κ1) is 21.2. The van der Waals surface area contributed by atoms with E-state index in [9.17, 15) is 14.0 Å². The van der Waals surface area contributed by atoms with Crippen LogP contribution in [0.25, 0.3) is 6.08 Å². The number of hydrogen-bond donors (Lipinski definition) is 1. The van der Waals surface area contributed by atoms with Gasteiger partial charge >= 0.3 is 0 Å². The van der Waals surface area contributed by atoms with Gasteiger partial charge in [0.2, 0.25) is 0 Å². The van der Waals surface area contributed by atoms with E-state index in [1.165, 1.54) is 36.3 Å². The second-order valence-corrected chi connectivity index (χ2v) is 6.74. The molecule has 0 aromatic heterocycles. The molecule has 2 aromatic rings. The van der Waals surface area contributed by atoms with E-state index in [1.54, 1.807) is 30.3 Å². The summed E-state index contributed by atoms with van der Waals surface area (Å²) >= 11 is 5.04. The zero-order chi connectivity index (χ0) is 21.7. The van der Waals surface area contributed by atoms with Gasteiger partial charge in [-0.3, -0.25) is 19.8 Å². The molecule has 2 aromatic carbocycles. The maximum Gasteiger partial charge on any atom is 0.265 e. The predicted molar refractivity (Wildman–Crippen MR) is 114 cm³/mol. The normalized spacial score (nSPS) is 15.2. The molecule has 1 N–H and O–H groups in total. The molecule has 1 saturated heterocycles. The molecule has 0 unspecified atom stereocenters. The fraction of sp³-hybridized carbons (Fsp3) is 0.136. The number of amides is 2. The highest BCUT2D eigenvalue weighted by atomic mass is 32.1. The van der Waals surface area contributed by atoms with Crippen LogP contribution in [0, 0.1) is 5.82 Å². The summed E-state index contributed by atoms with van der Waals surface area (Å²) in [6.45, 7) is 3.93. The topological polar surface area (TPSA) is 67.9 Å². The minimum absolute atomic E-state index is 0.0423. The van der Waals surface area contributed by atoms with Crippen molar-refractivity contribution in [2.45, 2.75) is 6.61 Å². The molecule has 0 atom stereocenters. The summed E-state index contributed by atoms with van der Waals surface area (Å²) in [4.78, 5) is 26.1. The Hall–Kier alpha value is -3.52. The van der Waals surface area contributed by atoms with Crippen molar-refractivity contribution < 1.29 is 23.5 Å². The summed E-state index contributed by atoms with van der Waals surface area (Å²) in [6.07, 6.45) is 2.97. The molecule has 30 heavy (non-hydrogen) atoms. The molecule has 3 rings (SSSR count). The number of carbonyl (C=O) groups excluding carboxylic acids is 2. The van der Waals surface area contributed by atoms with Crippen LogP contribution in [0.3, 0.4) is 0 Å². The van der Waals surface area contributed by atoms with Gasteiger partial charge in [-0.15, -0.1) is 6.58 Å². The number of rotatable bonds is 7. The molecule has 1 heterocycles. The van der Waals surface area contributed by atoms with Gasteiger partial charge in [0.05, 0.1) is 7.11 Å². The van der Waals surface area contributed by atoms with Crippen LogP contribution in [-0.2, 0) is 16.2 Å². The van der Waals surface area contributed by atoms with Crippen LogP contribution in [0.5, 0.6) is 11.5 Å². The average molecular weight is 426 g/mol. The lowest BCUT2D eigenvalue weighted by Crippen LogP contribution is -2.53. The minimum Gasteiger partial charge on any atom is -0.493 e. The molecule has 2 amide bonds. The van der Waals surface area contributed by atoms with Crippen LogP contribution in [0.4, 0.5) is 4.39 Å². The third kappa shape index (κ3) is 4.72. The third-order valence-corrected chi connectivity index (χ3v) is 4.60. The number of nitrogens with one attached hydrogen (secondary N) is 1. The van der Waals surface area contributed by atoms with Crippen molar-refractivity contribution in [3.8, 4) is 11.5 Å². The van der Waals surface area contributed by atoms with E-state index in [-0.39, 0.29) is 29.7 Å².